The highest BCUT2D eigenvalue weighted by molar-refractivity contribution is 6.10. The Labute approximate surface area is 163 Å². The standard InChI is InChI=1S/C22H23FN2O3/c1-15-7-9-16(10-8-15)14-24(2)19(26)12-22(13-20(27)25(3)21(22)28)17-5-4-6-18(23)11-17/h4-11H,12-14H2,1-3H3. The summed E-state index contributed by atoms with van der Waals surface area (Å²) in [6, 6.07) is 13.4. The highest BCUT2D eigenvalue weighted by atomic mass is 19.1. The molecule has 0 aliphatic carbocycles. The van der Waals surface area contributed by atoms with E-state index in [0.717, 1.165) is 16.0 Å². The number of nitrogens with zero attached hydrogens (tertiary/aromatic N) is 2. The van der Waals surface area contributed by atoms with Crippen LogP contribution in [0.1, 0.15) is 29.5 Å². The molecule has 0 aromatic heterocycles. The minimum atomic E-state index is -1.37. The molecule has 2 aromatic carbocycles. The monoisotopic (exact) mass is 382 g/mol. The second-order valence-corrected chi connectivity index (χ2v) is 7.44. The molecule has 3 rings (SSSR count). The fourth-order valence-electron chi connectivity index (χ4n) is 3.59. The number of imide groups is 1. The van der Waals surface area contributed by atoms with E-state index in [1.165, 1.54) is 30.1 Å². The molecule has 3 amide bonds. The zero-order valence-corrected chi connectivity index (χ0v) is 16.2. The van der Waals surface area contributed by atoms with Crippen LogP contribution in [0.3, 0.4) is 0 Å². The predicted octanol–water partition coefficient (Wildman–Crippen LogP) is 2.81. The van der Waals surface area contributed by atoms with Gasteiger partial charge in [0.1, 0.15) is 5.82 Å². The third-order valence-corrected chi connectivity index (χ3v) is 5.34. The van der Waals surface area contributed by atoms with Gasteiger partial charge in [0.15, 0.2) is 0 Å². The third kappa shape index (κ3) is 3.67. The number of likely N-dealkylation sites (N-methyl/N-ethyl adjacent to an activating group) is 1. The molecular formula is C22H23FN2O3. The Hall–Kier alpha value is -3.02. The number of hydrogen-bond acceptors (Lipinski definition) is 3. The smallest absolute Gasteiger partial charge is 0.240 e. The van der Waals surface area contributed by atoms with Crippen LogP contribution in [0.25, 0.3) is 0 Å². The molecule has 0 spiro atoms. The van der Waals surface area contributed by atoms with Crippen molar-refractivity contribution in [1.29, 1.82) is 0 Å². The number of hydrogen-bond donors (Lipinski definition) is 0. The van der Waals surface area contributed by atoms with E-state index in [1.807, 2.05) is 31.2 Å². The summed E-state index contributed by atoms with van der Waals surface area (Å²) in [7, 11) is 3.05. The van der Waals surface area contributed by atoms with E-state index >= 15 is 0 Å². The molecule has 0 saturated carbocycles. The van der Waals surface area contributed by atoms with Crippen molar-refractivity contribution in [2.45, 2.75) is 31.7 Å². The summed E-state index contributed by atoms with van der Waals surface area (Å²) in [5.74, 6) is -1.63. The Kier molecular flexibility index (Phi) is 5.31. The zero-order chi connectivity index (χ0) is 20.5. The van der Waals surface area contributed by atoms with Crippen LogP contribution in [0, 0.1) is 12.7 Å². The number of rotatable bonds is 5. The van der Waals surface area contributed by atoms with Crippen molar-refractivity contribution in [2.75, 3.05) is 14.1 Å². The van der Waals surface area contributed by atoms with Crippen molar-refractivity contribution in [3.05, 3.63) is 71.0 Å². The van der Waals surface area contributed by atoms with Gasteiger partial charge < -0.3 is 4.90 Å². The first-order valence-electron chi connectivity index (χ1n) is 9.09. The van der Waals surface area contributed by atoms with Gasteiger partial charge in [0, 0.05) is 33.5 Å². The van der Waals surface area contributed by atoms with Crippen molar-refractivity contribution in [3.8, 4) is 0 Å². The summed E-state index contributed by atoms with van der Waals surface area (Å²) in [4.78, 5) is 40.6. The van der Waals surface area contributed by atoms with Gasteiger partial charge in [-0.1, -0.05) is 42.0 Å². The van der Waals surface area contributed by atoms with E-state index < -0.39 is 17.1 Å². The summed E-state index contributed by atoms with van der Waals surface area (Å²) in [6.45, 7) is 2.37. The van der Waals surface area contributed by atoms with E-state index in [4.69, 9.17) is 0 Å². The van der Waals surface area contributed by atoms with E-state index in [0.29, 0.717) is 12.1 Å². The van der Waals surface area contributed by atoms with Crippen LogP contribution >= 0.6 is 0 Å². The SMILES string of the molecule is Cc1ccc(CN(C)C(=O)CC2(c3cccc(F)c3)CC(=O)N(C)C2=O)cc1. The van der Waals surface area contributed by atoms with Gasteiger partial charge in [-0.3, -0.25) is 19.3 Å². The van der Waals surface area contributed by atoms with Crippen LogP contribution in [-0.2, 0) is 26.3 Å². The first-order valence-corrected chi connectivity index (χ1v) is 9.09. The molecule has 28 heavy (non-hydrogen) atoms. The van der Waals surface area contributed by atoms with Gasteiger partial charge in [-0.15, -0.1) is 0 Å². The number of amides is 3. The lowest BCUT2D eigenvalue weighted by Gasteiger charge is -2.29. The molecule has 1 saturated heterocycles. The van der Waals surface area contributed by atoms with Crippen LogP contribution in [0.4, 0.5) is 4.39 Å². The number of benzene rings is 2. The van der Waals surface area contributed by atoms with E-state index in [1.54, 1.807) is 13.1 Å². The van der Waals surface area contributed by atoms with Crippen LogP contribution in [0.15, 0.2) is 48.5 Å². The minimum absolute atomic E-state index is 0.143. The summed E-state index contributed by atoms with van der Waals surface area (Å²) in [5.41, 5.74) is 1.08. The van der Waals surface area contributed by atoms with Gasteiger partial charge in [-0.25, -0.2) is 4.39 Å². The van der Waals surface area contributed by atoms with Crippen molar-refractivity contribution in [2.24, 2.45) is 0 Å². The van der Waals surface area contributed by atoms with Crippen molar-refractivity contribution >= 4 is 17.7 Å². The Bertz CT molecular complexity index is 926. The summed E-state index contributed by atoms with van der Waals surface area (Å²) in [6.07, 6.45) is -0.330. The maximum Gasteiger partial charge on any atom is 0.240 e. The van der Waals surface area contributed by atoms with E-state index in [-0.39, 0.29) is 24.7 Å². The lowest BCUT2D eigenvalue weighted by molar-refractivity contribution is -0.141. The Balaban J connectivity index is 1.87. The minimum Gasteiger partial charge on any atom is -0.341 e. The normalized spacial score (nSPS) is 19.2. The Morgan fingerprint density at radius 2 is 1.86 bits per heavy atom. The molecule has 0 N–H and O–H groups in total. The molecule has 0 radical (unpaired) electrons. The summed E-state index contributed by atoms with van der Waals surface area (Å²) < 4.78 is 13.8. The lowest BCUT2D eigenvalue weighted by atomic mass is 9.75. The third-order valence-electron chi connectivity index (χ3n) is 5.34. The fourth-order valence-corrected chi connectivity index (χ4v) is 3.59. The average Bonchev–Trinajstić information content (AvgIpc) is 2.88. The lowest BCUT2D eigenvalue weighted by Crippen LogP contribution is -2.41. The van der Waals surface area contributed by atoms with Crippen molar-refractivity contribution in [1.82, 2.24) is 9.80 Å². The highest BCUT2D eigenvalue weighted by Crippen LogP contribution is 2.40. The maximum absolute atomic E-state index is 13.8. The maximum atomic E-state index is 13.8. The Morgan fingerprint density at radius 1 is 1.18 bits per heavy atom. The molecule has 1 heterocycles. The molecule has 146 valence electrons. The molecule has 6 heteroatoms. The predicted molar refractivity (Wildman–Crippen MR) is 103 cm³/mol. The largest absolute Gasteiger partial charge is 0.341 e. The van der Waals surface area contributed by atoms with Gasteiger partial charge in [-0.2, -0.15) is 0 Å². The Morgan fingerprint density at radius 3 is 2.43 bits per heavy atom. The zero-order valence-electron chi connectivity index (χ0n) is 16.2. The quantitative estimate of drug-likeness (QED) is 0.748. The van der Waals surface area contributed by atoms with Crippen LogP contribution in [0.2, 0.25) is 0 Å². The summed E-state index contributed by atoms with van der Waals surface area (Å²) in [5, 5.41) is 0. The van der Waals surface area contributed by atoms with E-state index in [2.05, 4.69) is 0 Å². The second kappa shape index (κ2) is 7.54. The van der Waals surface area contributed by atoms with Crippen molar-refractivity contribution < 1.29 is 18.8 Å². The fraction of sp³-hybridized carbons (Fsp3) is 0.318. The second-order valence-electron chi connectivity index (χ2n) is 7.44. The molecule has 5 nitrogen and oxygen atoms in total. The number of likely N-dealkylation sites (tertiary alicyclic amines) is 1. The van der Waals surface area contributed by atoms with Gasteiger partial charge in [0.2, 0.25) is 17.7 Å². The molecule has 1 fully saturated rings. The van der Waals surface area contributed by atoms with E-state index in [9.17, 15) is 18.8 Å². The van der Waals surface area contributed by atoms with Crippen LogP contribution < -0.4 is 0 Å². The van der Waals surface area contributed by atoms with Crippen LogP contribution in [0.5, 0.6) is 0 Å². The van der Waals surface area contributed by atoms with Crippen LogP contribution in [-0.4, -0.2) is 41.6 Å². The molecule has 1 unspecified atom stereocenters. The molecule has 0 bridgehead atoms. The topological polar surface area (TPSA) is 57.7 Å². The number of halogens is 1. The average molecular weight is 382 g/mol. The molecule has 1 aliphatic heterocycles. The molecular weight excluding hydrogens is 359 g/mol. The van der Waals surface area contributed by atoms with Crippen molar-refractivity contribution in [3.63, 3.8) is 0 Å². The van der Waals surface area contributed by atoms with Gasteiger partial charge in [0.25, 0.3) is 0 Å². The van der Waals surface area contributed by atoms with Gasteiger partial charge >= 0.3 is 0 Å². The highest BCUT2D eigenvalue weighted by Gasteiger charge is 2.52. The molecule has 1 aliphatic rings. The number of aryl methyl sites for hydroxylation is 1. The molecule has 2 aromatic rings. The number of carbonyl (C=O) groups is 3. The van der Waals surface area contributed by atoms with Gasteiger partial charge in [0.05, 0.1) is 5.41 Å². The summed E-state index contributed by atoms with van der Waals surface area (Å²) >= 11 is 0. The van der Waals surface area contributed by atoms with Gasteiger partial charge in [-0.05, 0) is 30.2 Å². The first kappa shape index (κ1) is 19.7. The first-order chi connectivity index (χ1) is 13.2. The number of carbonyl (C=O) groups excluding carboxylic acids is 3. The molecule has 1 atom stereocenters.